The average molecular weight is 331 g/mol. The topological polar surface area (TPSA) is 33.5 Å². The highest BCUT2D eigenvalue weighted by molar-refractivity contribution is 6.68. The monoisotopic (exact) mass is 329 g/mol. The zero-order valence-corrected chi connectivity index (χ0v) is 13.8. The van der Waals surface area contributed by atoms with E-state index >= 15 is 0 Å². The second kappa shape index (κ2) is 8.56. The van der Waals surface area contributed by atoms with Gasteiger partial charge in [-0.2, -0.15) is 0 Å². The summed E-state index contributed by atoms with van der Waals surface area (Å²) in [6.07, 6.45) is 6.59. The van der Waals surface area contributed by atoms with Gasteiger partial charge in [-0.05, 0) is 25.7 Å². The van der Waals surface area contributed by atoms with Gasteiger partial charge in [-0.15, -0.1) is 0 Å². The molecule has 3 nitrogen and oxygen atoms in total. The molecule has 19 heavy (non-hydrogen) atoms. The molecule has 1 aliphatic rings. The van der Waals surface area contributed by atoms with Crippen molar-refractivity contribution in [3.8, 4) is 0 Å². The maximum Gasteiger partial charge on any atom is 0.262 e. The Kier molecular flexibility index (Phi) is 7.81. The summed E-state index contributed by atoms with van der Waals surface area (Å²) in [5.74, 6) is -0.0113. The third-order valence-corrected chi connectivity index (χ3v) is 4.20. The summed E-state index contributed by atoms with van der Waals surface area (Å²) in [5, 5.41) is 2.91. The van der Waals surface area contributed by atoms with Gasteiger partial charge in [0, 0.05) is 6.42 Å². The number of halogens is 3. The van der Waals surface area contributed by atoms with Gasteiger partial charge in [0.05, 0.1) is 13.1 Å². The molecule has 1 amide bonds. The Morgan fingerprint density at radius 3 is 2.37 bits per heavy atom. The summed E-state index contributed by atoms with van der Waals surface area (Å²) < 4.78 is -1.45. The molecule has 1 rings (SSSR count). The zero-order valence-electron chi connectivity index (χ0n) is 11.5. The lowest BCUT2D eigenvalue weighted by Crippen LogP contribution is -3.20. The predicted octanol–water partition coefficient (Wildman–Crippen LogP) is 2.45. The zero-order chi connectivity index (χ0) is 14.3. The minimum atomic E-state index is -1.45. The van der Waals surface area contributed by atoms with Gasteiger partial charge in [-0.3, -0.25) is 4.79 Å². The highest BCUT2D eigenvalue weighted by atomic mass is 35.6. The quantitative estimate of drug-likeness (QED) is 0.569. The predicted molar refractivity (Wildman–Crippen MR) is 80.9 cm³/mol. The molecule has 0 saturated carbocycles. The Morgan fingerprint density at radius 2 is 1.84 bits per heavy atom. The third kappa shape index (κ3) is 6.52. The van der Waals surface area contributed by atoms with Gasteiger partial charge in [-0.1, -0.05) is 54.6 Å². The molecule has 0 bridgehead atoms. The summed E-state index contributed by atoms with van der Waals surface area (Å²) in [5.41, 5.74) is 0. The number of alkyl halides is 3. The molecule has 0 radical (unpaired) electrons. The standard InChI is InChI=1S/C13H23Cl3N2O/c1-2-3-5-8-11(19)17-12(13(14,15)16)18-9-6-4-7-10-18/h12H,2-10H2,1H3,(H,17,19)/p+1/t12-/m1/s1. The van der Waals surface area contributed by atoms with E-state index in [4.69, 9.17) is 34.8 Å². The first-order valence-electron chi connectivity index (χ1n) is 7.15. The van der Waals surface area contributed by atoms with Gasteiger partial charge in [0.15, 0.2) is 0 Å². The molecule has 0 spiro atoms. The molecular formula is C13H24Cl3N2O+. The number of quaternary nitrogens is 1. The molecule has 1 atom stereocenters. The van der Waals surface area contributed by atoms with Crippen LogP contribution in [0.5, 0.6) is 0 Å². The smallest absolute Gasteiger partial charge is 0.262 e. The number of hydrogen-bond donors (Lipinski definition) is 2. The number of likely N-dealkylation sites (tertiary alicyclic amines) is 1. The van der Waals surface area contributed by atoms with Gasteiger partial charge in [0.25, 0.3) is 3.79 Å². The molecule has 1 fully saturated rings. The number of hydrogen-bond acceptors (Lipinski definition) is 1. The highest BCUT2D eigenvalue weighted by Crippen LogP contribution is 2.28. The van der Waals surface area contributed by atoms with Crippen molar-refractivity contribution < 1.29 is 9.69 Å². The minimum absolute atomic E-state index is 0.0113. The lowest BCUT2D eigenvalue weighted by molar-refractivity contribution is -0.931. The molecule has 0 aliphatic carbocycles. The van der Waals surface area contributed by atoms with E-state index in [1.165, 1.54) is 11.3 Å². The van der Waals surface area contributed by atoms with Crippen molar-refractivity contribution in [1.29, 1.82) is 0 Å². The van der Waals surface area contributed by atoms with Gasteiger partial charge in [0.2, 0.25) is 12.1 Å². The van der Waals surface area contributed by atoms with Crippen molar-refractivity contribution in [2.24, 2.45) is 0 Å². The van der Waals surface area contributed by atoms with Gasteiger partial charge < -0.3 is 10.2 Å². The lowest BCUT2D eigenvalue weighted by Gasteiger charge is -2.35. The van der Waals surface area contributed by atoms with Gasteiger partial charge in [0.1, 0.15) is 0 Å². The lowest BCUT2D eigenvalue weighted by atomic mass is 10.1. The summed E-state index contributed by atoms with van der Waals surface area (Å²) in [4.78, 5) is 13.1. The molecule has 6 heteroatoms. The van der Waals surface area contributed by atoms with Crippen LogP contribution in [0.25, 0.3) is 0 Å². The number of nitrogens with one attached hydrogen (secondary N) is 2. The number of carbonyl (C=O) groups excluding carboxylic acids is 1. The van der Waals surface area contributed by atoms with Crippen LogP contribution in [0.3, 0.4) is 0 Å². The molecule has 0 aromatic heterocycles. The van der Waals surface area contributed by atoms with E-state index in [1.54, 1.807) is 0 Å². The summed E-state index contributed by atoms with van der Waals surface area (Å²) >= 11 is 18.1. The van der Waals surface area contributed by atoms with Crippen LogP contribution < -0.4 is 10.2 Å². The summed E-state index contributed by atoms with van der Waals surface area (Å²) in [6, 6.07) is 0. The Labute approximate surface area is 130 Å². The second-order valence-corrected chi connectivity index (χ2v) is 7.59. The van der Waals surface area contributed by atoms with Crippen molar-refractivity contribution in [3.63, 3.8) is 0 Å². The first kappa shape index (κ1) is 17.4. The van der Waals surface area contributed by atoms with E-state index in [9.17, 15) is 4.79 Å². The van der Waals surface area contributed by atoms with E-state index < -0.39 is 9.96 Å². The SMILES string of the molecule is CCCCCC(=O)N[C@H]([NH+]1CCCCC1)C(Cl)(Cl)Cl. The fourth-order valence-corrected chi connectivity index (χ4v) is 3.11. The van der Waals surface area contributed by atoms with Crippen LogP contribution in [0.15, 0.2) is 0 Å². The van der Waals surface area contributed by atoms with Crippen LogP contribution in [0.2, 0.25) is 0 Å². The van der Waals surface area contributed by atoms with Gasteiger partial charge in [-0.25, -0.2) is 0 Å². The van der Waals surface area contributed by atoms with E-state index in [1.807, 2.05) is 0 Å². The Bertz CT molecular complexity index is 276. The average Bonchev–Trinajstić information content (AvgIpc) is 2.36. The molecule has 0 aromatic rings. The van der Waals surface area contributed by atoms with Crippen molar-refractivity contribution in [1.82, 2.24) is 5.32 Å². The Hall–Kier alpha value is 0.300. The van der Waals surface area contributed by atoms with E-state index in [0.29, 0.717) is 6.42 Å². The Balaban J connectivity index is 2.52. The molecule has 0 aromatic carbocycles. The summed E-state index contributed by atoms with van der Waals surface area (Å²) in [7, 11) is 0. The van der Waals surface area contributed by atoms with Crippen LogP contribution in [0.4, 0.5) is 0 Å². The van der Waals surface area contributed by atoms with Crippen LogP contribution in [0.1, 0.15) is 51.9 Å². The number of amides is 1. The Morgan fingerprint density at radius 1 is 1.21 bits per heavy atom. The number of rotatable bonds is 6. The first-order valence-corrected chi connectivity index (χ1v) is 8.29. The van der Waals surface area contributed by atoms with Crippen LogP contribution in [-0.4, -0.2) is 29.0 Å². The van der Waals surface area contributed by atoms with Crippen molar-refractivity contribution in [2.75, 3.05) is 13.1 Å². The van der Waals surface area contributed by atoms with Crippen LogP contribution in [0, 0.1) is 0 Å². The molecule has 2 N–H and O–H groups in total. The fraction of sp³-hybridized carbons (Fsp3) is 0.923. The number of piperidine rings is 1. The molecule has 1 saturated heterocycles. The van der Waals surface area contributed by atoms with E-state index in [-0.39, 0.29) is 5.91 Å². The molecule has 1 aliphatic heterocycles. The normalized spacial score (nSPS) is 19.2. The molecule has 112 valence electrons. The molecule has 0 unspecified atom stereocenters. The molecular weight excluding hydrogens is 307 g/mol. The number of unbranched alkanes of at least 4 members (excludes halogenated alkanes) is 2. The fourth-order valence-electron chi connectivity index (χ4n) is 2.48. The van der Waals surface area contributed by atoms with Crippen LogP contribution in [-0.2, 0) is 4.79 Å². The second-order valence-electron chi connectivity index (χ2n) is 5.22. The largest absolute Gasteiger partial charge is 0.312 e. The van der Waals surface area contributed by atoms with Crippen LogP contribution >= 0.6 is 34.8 Å². The number of carbonyl (C=O) groups is 1. The summed E-state index contributed by atoms with van der Waals surface area (Å²) in [6.45, 7) is 4.02. The van der Waals surface area contributed by atoms with Crippen molar-refractivity contribution in [3.05, 3.63) is 0 Å². The minimum Gasteiger partial charge on any atom is -0.312 e. The van der Waals surface area contributed by atoms with Crippen molar-refractivity contribution >= 4 is 40.7 Å². The first-order chi connectivity index (χ1) is 8.95. The highest BCUT2D eigenvalue weighted by Gasteiger charge is 2.42. The van der Waals surface area contributed by atoms with E-state index in [2.05, 4.69) is 12.2 Å². The third-order valence-electron chi connectivity index (χ3n) is 3.54. The maximum absolute atomic E-state index is 11.9. The van der Waals surface area contributed by atoms with Crippen molar-refractivity contribution in [2.45, 2.75) is 61.8 Å². The maximum atomic E-state index is 11.9. The van der Waals surface area contributed by atoms with Gasteiger partial charge >= 0.3 is 0 Å². The van der Waals surface area contributed by atoms with E-state index in [0.717, 1.165) is 45.2 Å². The molecule has 1 heterocycles.